The number of amides is 1. The summed E-state index contributed by atoms with van der Waals surface area (Å²) in [7, 11) is 0. The number of rotatable bonds is 5. The van der Waals surface area contributed by atoms with Crippen LogP contribution in [0.15, 0.2) is 60.3 Å². The predicted octanol–water partition coefficient (Wildman–Crippen LogP) is 3.41. The number of benzene rings is 2. The lowest BCUT2D eigenvalue weighted by molar-refractivity contribution is -0.112. The lowest BCUT2D eigenvalue weighted by Crippen LogP contribution is -2.14. The van der Waals surface area contributed by atoms with Gasteiger partial charge in [0.2, 0.25) is 0 Å². The van der Waals surface area contributed by atoms with Crippen LogP contribution in [0, 0.1) is 11.3 Å². The third-order valence-corrected chi connectivity index (χ3v) is 3.26. The van der Waals surface area contributed by atoms with Crippen LogP contribution < -0.4 is 10.6 Å². The van der Waals surface area contributed by atoms with E-state index in [4.69, 9.17) is 5.26 Å². The fourth-order valence-corrected chi connectivity index (χ4v) is 2.01. The van der Waals surface area contributed by atoms with Crippen molar-refractivity contribution in [1.29, 1.82) is 5.26 Å². The Bertz CT molecular complexity index is 759. The van der Waals surface area contributed by atoms with Gasteiger partial charge in [0.05, 0.1) is 0 Å². The van der Waals surface area contributed by atoms with E-state index in [0.29, 0.717) is 5.69 Å². The molecule has 5 nitrogen and oxygen atoms in total. The SMILES string of the molecule is CCc1ccccc1N/C=C(/C#N)C(=O)Nc1ccc(O)cc1. The third-order valence-electron chi connectivity index (χ3n) is 3.26. The molecule has 0 saturated heterocycles. The molecule has 2 aromatic rings. The molecule has 0 atom stereocenters. The van der Waals surface area contributed by atoms with E-state index in [9.17, 15) is 9.90 Å². The summed E-state index contributed by atoms with van der Waals surface area (Å²) in [5.41, 5.74) is 2.42. The quantitative estimate of drug-likeness (QED) is 0.449. The summed E-state index contributed by atoms with van der Waals surface area (Å²) in [4.78, 5) is 12.1. The molecule has 116 valence electrons. The van der Waals surface area contributed by atoms with Crippen LogP contribution in [-0.2, 0) is 11.2 Å². The summed E-state index contributed by atoms with van der Waals surface area (Å²) in [6, 6.07) is 15.6. The molecule has 2 rings (SSSR count). The van der Waals surface area contributed by atoms with Crippen LogP contribution in [0.2, 0.25) is 0 Å². The Morgan fingerprint density at radius 2 is 1.91 bits per heavy atom. The number of phenolic OH excluding ortho intramolecular Hbond substituents is 1. The molecule has 23 heavy (non-hydrogen) atoms. The minimum Gasteiger partial charge on any atom is -0.508 e. The smallest absolute Gasteiger partial charge is 0.267 e. The zero-order valence-electron chi connectivity index (χ0n) is 12.7. The van der Waals surface area contributed by atoms with Crippen molar-refractivity contribution in [2.24, 2.45) is 0 Å². The van der Waals surface area contributed by atoms with E-state index in [1.165, 1.54) is 18.3 Å². The van der Waals surface area contributed by atoms with Gasteiger partial charge in [-0.3, -0.25) is 4.79 Å². The first-order valence-corrected chi connectivity index (χ1v) is 7.19. The molecule has 3 N–H and O–H groups in total. The number of aromatic hydroxyl groups is 1. The fourth-order valence-electron chi connectivity index (χ4n) is 2.01. The van der Waals surface area contributed by atoms with Gasteiger partial charge in [-0.15, -0.1) is 0 Å². The van der Waals surface area contributed by atoms with Crippen LogP contribution in [0.3, 0.4) is 0 Å². The van der Waals surface area contributed by atoms with Gasteiger partial charge in [-0.2, -0.15) is 5.26 Å². The average Bonchev–Trinajstić information content (AvgIpc) is 2.58. The Morgan fingerprint density at radius 1 is 1.22 bits per heavy atom. The Kier molecular flexibility index (Phi) is 5.37. The van der Waals surface area contributed by atoms with Crippen LogP contribution in [0.4, 0.5) is 11.4 Å². The number of nitrogens with zero attached hydrogens (tertiary/aromatic N) is 1. The highest BCUT2D eigenvalue weighted by Crippen LogP contribution is 2.17. The first kappa shape index (κ1) is 16.1. The van der Waals surface area contributed by atoms with Gasteiger partial charge in [0.25, 0.3) is 5.91 Å². The highest BCUT2D eigenvalue weighted by atomic mass is 16.3. The second kappa shape index (κ2) is 7.66. The highest BCUT2D eigenvalue weighted by molar-refractivity contribution is 6.06. The van der Waals surface area contributed by atoms with Gasteiger partial charge in [0.1, 0.15) is 17.4 Å². The first-order chi connectivity index (χ1) is 11.1. The highest BCUT2D eigenvalue weighted by Gasteiger charge is 2.09. The van der Waals surface area contributed by atoms with Gasteiger partial charge in [-0.1, -0.05) is 25.1 Å². The topological polar surface area (TPSA) is 85.2 Å². The number of carbonyl (C=O) groups is 1. The van der Waals surface area contributed by atoms with E-state index in [1.54, 1.807) is 12.1 Å². The predicted molar refractivity (Wildman–Crippen MR) is 89.9 cm³/mol. The first-order valence-electron chi connectivity index (χ1n) is 7.19. The summed E-state index contributed by atoms with van der Waals surface area (Å²) in [5, 5.41) is 24.0. The third kappa shape index (κ3) is 4.35. The maximum absolute atomic E-state index is 12.1. The molecule has 0 aliphatic carbocycles. The maximum Gasteiger partial charge on any atom is 0.267 e. The standard InChI is InChI=1S/C18H17N3O2/c1-2-13-5-3-4-6-17(13)20-12-14(11-19)18(23)21-15-7-9-16(22)10-8-15/h3-10,12,20,22H,2H2,1H3,(H,21,23)/b14-12-. The number of nitrogens with one attached hydrogen (secondary N) is 2. The van der Waals surface area contributed by atoms with Crippen molar-refractivity contribution in [3.8, 4) is 11.8 Å². The van der Waals surface area contributed by atoms with E-state index in [2.05, 4.69) is 10.6 Å². The Hall–Kier alpha value is -3.26. The Morgan fingerprint density at radius 3 is 2.57 bits per heavy atom. The molecule has 0 saturated carbocycles. The van der Waals surface area contributed by atoms with Gasteiger partial charge < -0.3 is 15.7 Å². The van der Waals surface area contributed by atoms with E-state index in [1.807, 2.05) is 37.3 Å². The number of hydrogen-bond acceptors (Lipinski definition) is 4. The Labute approximate surface area is 134 Å². The van der Waals surface area contributed by atoms with Crippen molar-refractivity contribution in [1.82, 2.24) is 0 Å². The molecule has 1 amide bonds. The van der Waals surface area contributed by atoms with E-state index < -0.39 is 5.91 Å². The van der Waals surface area contributed by atoms with Crippen molar-refractivity contribution < 1.29 is 9.90 Å². The molecule has 0 aliphatic heterocycles. The van der Waals surface area contributed by atoms with E-state index >= 15 is 0 Å². The van der Waals surface area contributed by atoms with E-state index in [-0.39, 0.29) is 11.3 Å². The number of anilines is 2. The van der Waals surface area contributed by atoms with Crippen molar-refractivity contribution in [2.45, 2.75) is 13.3 Å². The molecule has 0 aliphatic rings. The summed E-state index contributed by atoms with van der Waals surface area (Å²) in [5.74, 6) is -0.406. The second-order valence-corrected chi connectivity index (χ2v) is 4.83. The average molecular weight is 307 g/mol. The molecular weight excluding hydrogens is 290 g/mol. The molecule has 0 aromatic heterocycles. The zero-order valence-corrected chi connectivity index (χ0v) is 12.7. The molecular formula is C18H17N3O2. The molecule has 0 radical (unpaired) electrons. The summed E-state index contributed by atoms with van der Waals surface area (Å²) in [6.07, 6.45) is 2.24. The van der Waals surface area contributed by atoms with Crippen molar-refractivity contribution in [3.63, 3.8) is 0 Å². The molecule has 0 fully saturated rings. The van der Waals surface area contributed by atoms with Crippen LogP contribution >= 0.6 is 0 Å². The minimum atomic E-state index is -0.514. The fraction of sp³-hybridized carbons (Fsp3) is 0.111. The van der Waals surface area contributed by atoms with Gasteiger partial charge in [0, 0.05) is 17.6 Å². The van der Waals surface area contributed by atoms with Gasteiger partial charge in [-0.25, -0.2) is 0 Å². The molecule has 0 spiro atoms. The summed E-state index contributed by atoms with van der Waals surface area (Å²) < 4.78 is 0. The largest absolute Gasteiger partial charge is 0.508 e. The number of nitriles is 1. The minimum absolute atomic E-state index is 0.0380. The number of phenols is 1. The van der Waals surface area contributed by atoms with Crippen molar-refractivity contribution >= 4 is 17.3 Å². The lowest BCUT2D eigenvalue weighted by Gasteiger charge is -2.08. The van der Waals surface area contributed by atoms with Crippen molar-refractivity contribution in [2.75, 3.05) is 10.6 Å². The van der Waals surface area contributed by atoms with Crippen LogP contribution in [0.5, 0.6) is 5.75 Å². The normalized spacial score (nSPS) is 10.7. The maximum atomic E-state index is 12.1. The van der Waals surface area contributed by atoms with Crippen molar-refractivity contribution in [3.05, 3.63) is 65.9 Å². The molecule has 5 heteroatoms. The molecule has 0 heterocycles. The Balaban J connectivity index is 2.10. The number of aryl methyl sites for hydroxylation is 1. The van der Waals surface area contributed by atoms with Crippen LogP contribution in [0.25, 0.3) is 0 Å². The van der Waals surface area contributed by atoms with Gasteiger partial charge in [0.15, 0.2) is 0 Å². The summed E-state index contributed by atoms with van der Waals surface area (Å²) in [6.45, 7) is 2.03. The zero-order chi connectivity index (χ0) is 16.7. The van der Waals surface area contributed by atoms with Gasteiger partial charge in [-0.05, 0) is 42.3 Å². The molecule has 0 unspecified atom stereocenters. The number of carbonyl (C=O) groups excluding carboxylic acids is 1. The molecule has 2 aromatic carbocycles. The van der Waals surface area contributed by atoms with Gasteiger partial charge >= 0.3 is 0 Å². The van der Waals surface area contributed by atoms with Crippen LogP contribution in [-0.4, -0.2) is 11.0 Å². The summed E-state index contributed by atoms with van der Waals surface area (Å²) >= 11 is 0. The van der Waals surface area contributed by atoms with E-state index in [0.717, 1.165) is 17.7 Å². The van der Waals surface area contributed by atoms with Crippen LogP contribution in [0.1, 0.15) is 12.5 Å². The lowest BCUT2D eigenvalue weighted by atomic mass is 10.1. The molecule has 0 bridgehead atoms. The number of hydrogen-bond donors (Lipinski definition) is 3. The monoisotopic (exact) mass is 307 g/mol. The second-order valence-electron chi connectivity index (χ2n) is 4.83. The number of para-hydroxylation sites is 1.